The molecule has 0 atom stereocenters. The van der Waals surface area contributed by atoms with Gasteiger partial charge in [-0.05, 0) is 49.6 Å². The highest BCUT2D eigenvalue weighted by atomic mass is 32.2. The van der Waals surface area contributed by atoms with E-state index in [1.54, 1.807) is 0 Å². The van der Waals surface area contributed by atoms with Gasteiger partial charge in [0.1, 0.15) is 28.9 Å². The molecular formula is C24H25N5O2S. The number of ether oxygens (including phenoxy) is 1. The van der Waals surface area contributed by atoms with Crippen LogP contribution in [0.15, 0.2) is 59.9 Å². The minimum absolute atomic E-state index is 0.199. The molecule has 32 heavy (non-hydrogen) atoms. The number of anilines is 1. The maximum Gasteiger partial charge on any atom is 0.260 e. The number of carbonyl (C=O) groups excluding carboxylic acids is 1. The van der Waals surface area contributed by atoms with Crippen LogP contribution in [0.25, 0.3) is 5.65 Å². The Morgan fingerprint density at radius 2 is 1.91 bits per heavy atom. The second kappa shape index (κ2) is 9.40. The number of hydrogen-bond donors (Lipinski definition) is 1. The molecule has 0 saturated heterocycles. The lowest BCUT2D eigenvalue weighted by atomic mass is 10.1. The van der Waals surface area contributed by atoms with E-state index >= 15 is 0 Å². The summed E-state index contributed by atoms with van der Waals surface area (Å²) in [6, 6.07) is 13.1. The molecular weight excluding hydrogens is 422 g/mol. The standard InChI is InChI=1S/C24H25N5O2S/c1-15(2)22-25-16(3)21(24(28-22)32-4)23(30)27-17-8-10-19(11-9-17)31-14-18-13-29-12-6-5-7-20(29)26-18/h5-13,15H,14H2,1-4H3,(H,27,30). The van der Waals surface area contributed by atoms with Gasteiger partial charge in [0.15, 0.2) is 0 Å². The predicted molar refractivity (Wildman–Crippen MR) is 127 cm³/mol. The highest BCUT2D eigenvalue weighted by molar-refractivity contribution is 7.98. The molecule has 4 aromatic rings. The van der Waals surface area contributed by atoms with Crippen LogP contribution in [0, 0.1) is 6.92 Å². The van der Waals surface area contributed by atoms with E-state index in [0.29, 0.717) is 34.3 Å². The van der Waals surface area contributed by atoms with Crippen LogP contribution >= 0.6 is 11.8 Å². The molecule has 8 heteroatoms. The number of aromatic nitrogens is 4. The molecule has 1 amide bonds. The van der Waals surface area contributed by atoms with Crippen LogP contribution in [0.2, 0.25) is 0 Å². The van der Waals surface area contributed by atoms with Gasteiger partial charge < -0.3 is 14.5 Å². The quantitative estimate of drug-likeness (QED) is 0.313. The van der Waals surface area contributed by atoms with E-state index in [1.165, 1.54) is 11.8 Å². The summed E-state index contributed by atoms with van der Waals surface area (Å²) in [5, 5.41) is 3.62. The first-order valence-electron chi connectivity index (χ1n) is 10.3. The Labute approximate surface area is 191 Å². The molecule has 1 N–H and O–H groups in total. The summed E-state index contributed by atoms with van der Waals surface area (Å²) in [6.45, 7) is 6.29. The van der Waals surface area contributed by atoms with Crippen molar-refractivity contribution in [2.75, 3.05) is 11.6 Å². The fourth-order valence-corrected chi connectivity index (χ4v) is 3.91. The average Bonchev–Trinajstić information content (AvgIpc) is 3.21. The van der Waals surface area contributed by atoms with Gasteiger partial charge in [0, 0.05) is 24.0 Å². The molecule has 0 aliphatic heterocycles. The van der Waals surface area contributed by atoms with Gasteiger partial charge in [-0.25, -0.2) is 15.0 Å². The third kappa shape index (κ3) is 4.75. The average molecular weight is 448 g/mol. The number of aryl methyl sites for hydroxylation is 1. The topological polar surface area (TPSA) is 81.4 Å². The number of fused-ring (bicyclic) bond motifs is 1. The Bertz CT molecular complexity index is 1220. The summed E-state index contributed by atoms with van der Waals surface area (Å²) in [5.41, 5.74) is 3.59. The van der Waals surface area contributed by atoms with E-state index in [0.717, 1.165) is 17.2 Å². The number of rotatable bonds is 7. The molecule has 0 aliphatic carbocycles. The van der Waals surface area contributed by atoms with Gasteiger partial charge in [-0.15, -0.1) is 11.8 Å². The summed E-state index contributed by atoms with van der Waals surface area (Å²) in [5.74, 6) is 1.42. The summed E-state index contributed by atoms with van der Waals surface area (Å²) in [7, 11) is 0. The first kappa shape index (κ1) is 21.8. The molecule has 3 heterocycles. The van der Waals surface area contributed by atoms with Crippen molar-refractivity contribution < 1.29 is 9.53 Å². The summed E-state index contributed by atoms with van der Waals surface area (Å²) in [6.07, 6.45) is 5.81. The fourth-order valence-electron chi connectivity index (χ4n) is 3.28. The van der Waals surface area contributed by atoms with Gasteiger partial charge in [-0.3, -0.25) is 4.79 Å². The Hall–Kier alpha value is -3.39. The molecule has 0 bridgehead atoms. The van der Waals surface area contributed by atoms with Crippen LogP contribution in [0.5, 0.6) is 5.75 Å². The minimum atomic E-state index is -0.222. The summed E-state index contributed by atoms with van der Waals surface area (Å²) < 4.78 is 7.80. The van der Waals surface area contributed by atoms with Crippen LogP contribution in [-0.4, -0.2) is 31.5 Å². The second-order valence-corrected chi connectivity index (χ2v) is 8.47. The van der Waals surface area contributed by atoms with Crippen LogP contribution in [-0.2, 0) is 6.61 Å². The number of pyridine rings is 1. The fraction of sp³-hybridized carbons (Fsp3) is 0.250. The Balaban J connectivity index is 1.42. The van der Waals surface area contributed by atoms with Crippen molar-refractivity contribution in [3.8, 4) is 5.75 Å². The zero-order chi connectivity index (χ0) is 22.7. The summed E-state index contributed by atoms with van der Waals surface area (Å²) >= 11 is 1.45. The molecule has 0 unspecified atom stereocenters. The van der Waals surface area contributed by atoms with E-state index in [1.807, 2.05) is 86.3 Å². The van der Waals surface area contributed by atoms with Gasteiger partial charge in [0.25, 0.3) is 5.91 Å². The van der Waals surface area contributed by atoms with Gasteiger partial charge in [0.05, 0.1) is 17.0 Å². The molecule has 0 fully saturated rings. The highest BCUT2D eigenvalue weighted by Crippen LogP contribution is 2.25. The van der Waals surface area contributed by atoms with E-state index in [-0.39, 0.29) is 11.8 Å². The third-order valence-corrected chi connectivity index (χ3v) is 5.61. The number of hydrogen-bond acceptors (Lipinski definition) is 6. The first-order valence-corrected chi connectivity index (χ1v) is 11.6. The molecule has 0 saturated carbocycles. The number of carbonyl (C=O) groups is 1. The molecule has 0 radical (unpaired) electrons. The normalized spacial score (nSPS) is 11.2. The van der Waals surface area contributed by atoms with Gasteiger partial charge in [-0.1, -0.05) is 19.9 Å². The maximum atomic E-state index is 12.9. The second-order valence-electron chi connectivity index (χ2n) is 7.67. The number of benzene rings is 1. The van der Waals surface area contributed by atoms with Crippen molar-refractivity contribution in [3.63, 3.8) is 0 Å². The van der Waals surface area contributed by atoms with Gasteiger partial charge in [-0.2, -0.15) is 0 Å². The molecule has 1 aromatic carbocycles. The Morgan fingerprint density at radius 1 is 1.12 bits per heavy atom. The lowest BCUT2D eigenvalue weighted by Gasteiger charge is -2.14. The number of thioether (sulfide) groups is 1. The van der Waals surface area contributed by atoms with Crippen molar-refractivity contribution in [2.45, 2.75) is 38.3 Å². The smallest absolute Gasteiger partial charge is 0.260 e. The zero-order valence-corrected chi connectivity index (χ0v) is 19.3. The van der Waals surface area contributed by atoms with Crippen LogP contribution in [0.4, 0.5) is 5.69 Å². The van der Waals surface area contributed by atoms with Crippen molar-refractivity contribution >= 4 is 29.0 Å². The minimum Gasteiger partial charge on any atom is -0.487 e. The molecule has 0 aliphatic rings. The zero-order valence-electron chi connectivity index (χ0n) is 18.5. The van der Waals surface area contributed by atoms with E-state index in [4.69, 9.17) is 4.74 Å². The van der Waals surface area contributed by atoms with Crippen LogP contribution in [0.1, 0.15) is 47.3 Å². The Morgan fingerprint density at radius 3 is 2.59 bits per heavy atom. The molecule has 164 valence electrons. The van der Waals surface area contributed by atoms with Crippen LogP contribution in [0.3, 0.4) is 0 Å². The number of nitrogens with zero attached hydrogens (tertiary/aromatic N) is 4. The molecule has 4 rings (SSSR count). The molecule has 3 aromatic heterocycles. The maximum absolute atomic E-state index is 12.9. The van der Waals surface area contributed by atoms with Crippen molar-refractivity contribution in [3.05, 3.63) is 77.6 Å². The largest absolute Gasteiger partial charge is 0.487 e. The van der Waals surface area contributed by atoms with Gasteiger partial charge >= 0.3 is 0 Å². The van der Waals surface area contributed by atoms with Crippen LogP contribution < -0.4 is 10.1 Å². The van der Waals surface area contributed by atoms with E-state index < -0.39 is 0 Å². The number of nitrogens with one attached hydrogen (secondary N) is 1. The monoisotopic (exact) mass is 447 g/mol. The van der Waals surface area contributed by atoms with Crippen molar-refractivity contribution in [2.24, 2.45) is 0 Å². The third-order valence-electron chi connectivity index (χ3n) is 4.92. The summed E-state index contributed by atoms with van der Waals surface area (Å²) in [4.78, 5) is 26.5. The highest BCUT2D eigenvalue weighted by Gasteiger charge is 2.19. The lowest BCUT2D eigenvalue weighted by Crippen LogP contribution is -2.17. The number of amides is 1. The first-order chi connectivity index (χ1) is 15.4. The molecule has 0 spiro atoms. The van der Waals surface area contributed by atoms with Crippen molar-refractivity contribution in [1.29, 1.82) is 0 Å². The van der Waals surface area contributed by atoms with Crippen molar-refractivity contribution in [1.82, 2.24) is 19.4 Å². The lowest BCUT2D eigenvalue weighted by molar-refractivity contribution is 0.102. The molecule has 7 nitrogen and oxygen atoms in total. The number of imidazole rings is 1. The van der Waals surface area contributed by atoms with Gasteiger partial charge in [0.2, 0.25) is 0 Å². The predicted octanol–water partition coefficient (Wildman–Crippen LogP) is 5.11. The van der Waals surface area contributed by atoms with E-state index in [9.17, 15) is 4.79 Å². The Kier molecular flexibility index (Phi) is 6.41. The SMILES string of the molecule is CSc1nc(C(C)C)nc(C)c1C(=O)Nc1ccc(OCc2cn3ccccc3n2)cc1. The van der Waals surface area contributed by atoms with E-state index in [2.05, 4.69) is 20.3 Å².